The SMILES string of the molecule is CC(S)CN1CC1. The van der Waals surface area contributed by atoms with Crippen molar-refractivity contribution in [1.82, 2.24) is 4.90 Å². The van der Waals surface area contributed by atoms with Crippen LogP contribution in [0.5, 0.6) is 0 Å². The van der Waals surface area contributed by atoms with Crippen LogP contribution in [0.25, 0.3) is 0 Å². The topological polar surface area (TPSA) is 3.01 Å². The lowest BCUT2D eigenvalue weighted by Crippen LogP contribution is -2.08. The minimum absolute atomic E-state index is 0.558. The van der Waals surface area contributed by atoms with E-state index in [1.165, 1.54) is 19.6 Å². The van der Waals surface area contributed by atoms with Gasteiger partial charge in [-0.2, -0.15) is 12.6 Å². The second kappa shape index (κ2) is 2.05. The Hall–Kier alpha value is 0.310. The fourth-order valence-electron chi connectivity index (χ4n) is 0.627. The van der Waals surface area contributed by atoms with Crippen LogP contribution in [0.2, 0.25) is 0 Å². The van der Waals surface area contributed by atoms with Crippen molar-refractivity contribution >= 4 is 12.6 Å². The summed E-state index contributed by atoms with van der Waals surface area (Å²) in [5, 5.41) is 0.558. The van der Waals surface area contributed by atoms with E-state index >= 15 is 0 Å². The molecule has 0 amide bonds. The molecule has 1 aliphatic rings. The standard InChI is InChI=1S/C5H11NS/c1-5(7)4-6-2-3-6/h5,7H,2-4H2,1H3. The summed E-state index contributed by atoms with van der Waals surface area (Å²) in [5.41, 5.74) is 0. The fourth-order valence-corrected chi connectivity index (χ4v) is 0.858. The summed E-state index contributed by atoms with van der Waals surface area (Å²) < 4.78 is 0. The van der Waals surface area contributed by atoms with Crippen molar-refractivity contribution in [2.45, 2.75) is 12.2 Å². The molecule has 0 aromatic heterocycles. The van der Waals surface area contributed by atoms with Gasteiger partial charge >= 0.3 is 0 Å². The Labute approximate surface area is 50.1 Å². The third kappa shape index (κ3) is 2.19. The van der Waals surface area contributed by atoms with Crippen LogP contribution in [0.3, 0.4) is 0 Å². The monoisotopic (exact) mass is 117 g/mol. The largest absolute Gasteiger partial charge is 0.300 e. The van der Waals surface area contributed by atoms with Gasteiger partial charge in [-0.25, -0.2) is 0 Å². The van der Waals surface area contributed by atoms with Gasteiger partial charge in [-0.1, -0.05) is 6.92 Å². The maximum Gasteiger partial charge on any atom is 0.0116 e. The number of hydrogen-bond acceptors (Lipinski definition) is 2. The number of nitrogens with zero attached hydrogens (tertiary/aromatic N) is 1. The highest BCUT2D eigenvalue weighted by atomic mass is 32.1. The van der Waals surface area contributed by atoms with E-state index in [1.807, 2.05) is 0 Å². The van der Waals surface area contributed by atoms with Crippen molar-refractivity contribution in [1.29, 1.82) is 0 Å². The number of rotatable bonds is 2. The van der Waals surface area contributed by atoms with Crippen molar-refractivity contribution < 1.29 is 0 Å². The summed E-state index contributed by atoms with van der Waals surface area (Å²) in [6, 6.07) is 0. The molecule has 0 aromatic rings. The number of thiol groups is 1. The second-order valence-corrected chi connectivity index (χ2v) is 3.03. The lowest BCUT2D eigenvalue weighted by Gasteiger charge is -2.00. The molecule has 0 bridgehead atoms. The quantitative estimate of drug-likeness (QED) is 0.410. The molecule has 1 saturated heterocycles. The lowest BCUT2D eigenvalue weighted by molar-refractivity contribution is 0.561. The van der Waals surface area contributed by atoms with E-state index in [2.05, 4.69) is 24.5 Å². The molecule has 0 radical (unpaired) electrons. The first kappa shape index (κ1) is 5.45. The first-order valence-corrected chi connectivity index (χ1v) is 3.21. The molecule has 1 rings (SSSR count). The van der Waals surface area contributed by atoms with Gasteiger partial charge in [-0.3, -0.25) is 4.90 Å². The Balaban J connectivity index is 1.97. The van der Waals surface area contributed by atoms with Crippen LogP contribution in [0, 0.1) is 0 Å². The summed E-state index contributed by atoms with van der Waals surface area (Å²) in [4.78, 5) is 2.37. The first-order valence-electron chi connectivity index (χ1n) is 2.69. The van der Waals surface area contributed by atoms with Gasteiger partial charge in [0.15, 0.2) is 0 Å². The molecule has 0 aliphatic carbocycles. The molecule has 7 heavy (non-hydrogen) atoms. The predicted molar refractivity (Wildman–Crippen MR) is 34.9 cm³/mol. The third-order valence-corrected chi connectivity index (χ3v) is 1.23. The van der Waals surface area contributed by atoms with Gasteiger partial charge in [-0.05, 0) is 0 Å². The Morgan fingerprint density at radius 1 is 1.71 bits per heavy atom. The molecule has 1 aliphatic heterocycles. The van der Waals surface area contributed by atoms with Gasteiger partial charge in [0.05, 0.1) is 0 Å². The zero-order valence-electron chi connectivity index (χ0n) is 4.59. The molecule has 0 aromatic carbocycles. The average molecular weight is 117 g/mol. The zero-order chi connectivity index (χ0) is 5.28. The first-order chi connectivity index (χ1) is 3.29. The van der Waals surface area contributed by atoms with Crippen LogP contribution in [-0.2, 0) is 0 Å². The molecular formula is C5H11NS. The summed E-state index contributed by atoms with van der Waals surface area (Å²) in [5.74, 6) is 0. The van der Waals surface area contributed by atoms with E-state index in [9.17, 15) is 0 Å². The van der Waals surface area contributed by atoms with Gasteiger partial charge in [0.1, 0.15) is 0 Å². The van der Waals surface area contributed by atoms with Crippen LogP contribution < -0.4 is 0 Å². The van der Waals surface area contributed by atoms with Crippen LogP contribution >= 0.6 is 12.6 Å². The van der Waals surface area contributed by atoms with E-state index in [0.717, 1.165) is 0 Å². The Kier molecular flexibility index (Phi) is 1.60. The predicted octanol–water partition coefficient (Wildman–Crippen LogP) is 0.620. The minimum atomic E-state index is 0.558. The Morgan fingerprint density at radius 3 is 2.43 bits per heavy atom. The molecule has 1 atom stereocenters. The van der Waals surface area contributed by atoms with Gasteiger partial charge in [0, 0.05) is 24.9 Å². The van der Waals surface area contributed by atoms with Crippen LogP contribution in [0.1, 0.15) is 6.92 Å². The molecule has 1 unspecified atom stereocenters. The Bertz CT molecular complexity index is 59.1. The molecule has 0 saturated carbocycles. The van der Waals surface area contributed by atoms with Crippen molar-refractivity contribution in [3.63, 3.8) is 0 Å². The summed E-state index contributed by atoms with van der Waals surface area (Å²) in [6.07, 6.45) is 0. The van der Waals surface area contributed by atoms with Crippen molar-refractivity contribution in [2.75, 3.05) is 19.6 Å². The molecule has 2 heteroatoms. The van der Waals surface area contributed by atoms with Crippen molar-refractivity contribution in [3.8, 4) is 0 Å². The van der Waals surface area contributed by atoms with Crippen LogP contribution in [0.4, 0.5) is 0 Å². The molecule has 1 fully saturated rings. The molecule has 0 N–H and O–H groups in total. The van der Waals surface area contributed by atoms with E-state index < -0.39 is 0 Å². The smallest absolute Gasteiger partial charge is 0.0116 e. The second-order valence-electron chi connectivity index (χ2n) is 2.15. The maximum absolute atomic E-state index is 4.24. The van der Waals surface area contributed by atoms with E-state index in [0.29, 0.717) is 5.25 Å². The highest BCUT2D eigenvalue weighted by Gasteiger charge is 2.17. The Morgan fingerprint density at radius 2 is 2.29 bits per heavy atom. The average Bonchev–Trinajstić information content (AvgIpc) is 2.17. The molecule has 1 nitrogen and oxygen atoms in total. The fraction of sp³-hybridized carbons (Fsp3) is 1.00. The summed E-state index contributed by atoms with van der Waals surface area (Å²) >= 11 is 4.24. The normalized spacial score (nSPS) is 24.9. The highest BCUT2D eigenvalue weighted by Crippen LogP contribution is 2.06. The summed E-state index contributed by atoms with van der Waals surface area (Å²) in [7, 11) is 0. The maximum atomic E-state index is 4.24. The minimum Gasteiger partial charge on any atom is -0.300 e. The van der Waals surface area contributed by atoms with Gasteiger partial charge < -0.3 is 0 Å². The van der Waals surface area contributed by atoms with E-state index in [4.69, 9.17) is 0 Å². The van der Waals surface area contributed by atoms with Crippen molar-refractivity contribution in [2.24, 2.45) is 0 Å². The summed E-state index contributed by atoms with van der Waals surface area (Å²) in [6.45, 7) is 5.89. The van der Waals surface area contributed by atoms with E-state index in [1.54, 1.807) is 0 Å². The third-order valence-electron chi connectivity index (χ3n) is 1.06. The number of hydrogen-bond donors (Lipinski definition) is 1. The lowest BCUT2D eigenvalue weighted by atomic mass is 10.5. The molecule has 42 valence electrons. The van der Waals surface area contributed by atoms with E-state index in [-0.39, 0.29) is 0 Å². The zero-order valence-corrected chi connectivity index (χ0v) is 5.49. The van der Waals surface area contributed by atoms with Crippen LogP contribution in [-0.4, -0.2) is 29.8 Å². The molecule has 1 heterocycles. The van der Waals surface area contributed by atoms with Crippen molar-refractivity contribution in [3.05, 3.63) is 0 Å². The van der Waals surface area contributed by atoms with Gasteiger partial charge in [-0.15, -0.1) is 0 Å². The molecular weight excluding hydrogens is 106 g/mol. The van der Waals surface area contributed by atoms with Crippen LogP contribution in [0.15, 0.2) is 0 Å². The highest BCUT2D eigenvalue weighted by molar-refractivity contribution is 7.80. The van der Waals surface area contributed by atoms with Gasteiger partial charge in [0.25, 0.3) is 0 Å². The van der Waals surface area contributed by atoms with Gasteiger partial charge in [0.2, 0.25) is 0 Å². The molecule has 0 spiro atoms.